The standard InChI is InChI=1S/C7H13ClO4/c1-2-12-7(5(10)3-8)6(11)4-9/h6-7,9,11H,2-4H2,1H3/t6?,7-/m1/s1. The van der Waals surface area contributed by atoms with Gasteiger partial charge in [0, 0.05) is 6.61 Å². The lowest BCUT2D eigenvalue weighted by molar-refractivity contribution is -0.137. The van der Waals surface area contributed by atoms with Crippen molar-refractivity contribution in [1.29, 1.82) is 0 Å². The van der Waals surface area contributed by atoms with Gasteiger partial charge >= 0.3 is 0 Å². The summed E-state index contributed by atoms with van der Waals surface area (Å²) >= 11 is 5.26. The van der Waals surface area contributed by atoms with Crippen molar-refractivity contribution in [2.24, 2.45) is 0 Å². The first-order chi connectivity index (χ1) is 5.67. The van der Waals surface area contributed by atoms with E-state index in [1.807, 2.05) is 0 Å². The Morgan fingerprint density at radius 1 is 1.67 bits per heavy atom. The molecular formula is C7H13ClO4. The van der Waals surface area contributed by atoms with Crippen LogP contribution in [0.25, 0.3) is 0 Å². The Bertz CT molecular complexity index is 139. The first kappa shape index (κ1) is 11.8. The molecule has 0 aliphatic rings. The number of Topliss-reactive ketones (excluding diaryl/α,β-unsaturated/α-hetero) is 1. The highest BCUT2D eigenvalue weighted by molar-refractivity contribution is 6.28. The molecule has 0 bridgehead atoms. The van der Waals surface area contributed by atoms with E-state index in [4.69, 9.17) is 26.6 Å². The molecular weight excluding hydrogens is 184 g/mol. The molecule has 0 amide bonds. The zero-order chi connectivity index (χ0) is 9.56. The minimum absolute atomic E-state index is 0.221. The molecule has 0 aromatic rings. The summed E-state index contributed by atoms with van der Waals surface area (Å²) in [6.45, 7) is 1.48. The Labute approximate surface area is 76.1 Å². The Morgan fingerprint density at radius 3 is 2.58 bits per heavy atom. The van der Waals surface area contributed by atoms with Crippen LogP contribution >= 0.6 is 11.6 Å². The second kappa shape index (κ2) is 6.37. The number of alkyl halides is 1. The summed E-state index contributed by atoms with van der Waals surface area (Å²) in [4.78, 5) is 11.0. The molecule has 2 N–H and O–H groups in total. The third-order valence-electron chi connectivity index (χ3n) is 1.33. The van der Waals surface area contributed by atoms with Gasteiger partial charge in [-0.05, 0) is 6.92 Å². The van der Waals surface area contributed by atoms with E-state index in [9.17, 15) is 4.79 Å². The van der Waals surface area contributed by atoms with Crippen molar-refractivity contribution >= 4 is 17.4 Å². The highest BCUT2D eigenvalue weighted by Gasteiger charge is 2.25. The van der Waals surface area contributed by atoms with Gasteiger partial charge in [-0.25, -0.2) is 0 Å². The molecule has 0 radical (unpaired) electrons. The molecule has 12 heavy (non-hydrogen) atoms. The molecule has 72 valence electrons. The number of ether oxygens (including phenoxy) is 1. The van der Waals surface area contributed by atoms with Gasteiger partial charge in [0.15, 0.2) is 5.78 Å². The van der Waals surface area contributed by atoms with E-state index in [-0.39, 0.29) is 5.88 Å². The molecule has 4 nitrogen and oxygen atoms in total. The molecule has 0 aliphatic heterocycles. The van der Waals surface area contributed by atoms with Crippen LogP contribution < -0.4 is 0 Å². The number of carbonyl (C=O) groups is 1. The third-order valence-corrected chi connectivity index (χ3v) is 1.60. The van der Waals surface area contributed by atoms with Gasteiger partial charge in [-0.3, -0.25) is 4.79 Å². The number of hydrogen-bond acceptors (Lipinski definition) is 4. The zero-order valence-electron chi connectivity index (χ0n) is 6.86. The van der Waals surface area contributed by atoms with Crippen LogP contribution in [0, 0.1) is 0 Å². The third kappa shape index (κ3) is 3.49. The van der Waals surface area contributed by atoms with E-state index < -0.39 is 24.6 Å². The van der Waals surface area contributed by atoms with E-state index >= 15 is 0 Å². The molecule has 0 aliphatic carbocycles. The lowest BCUT2D eigenvalue weighted by Gasteiger charge is -2.18. The lowest BCUT2D eigenvalue weighted by atomic mass is 10.1. The van der Waals surface area contributed by atoms with Crippen molar-refractivity contribution < 1.29 is 19.7 Å². The fourth-order valence-electron chi connectivity index (χ4n) is 0.770. The fraction of sp³-hybridized carbons (Fsp3) is 0.857. The number of ketones is 1. The first-order valence-electron chi connectivity index (χ1n) is 3.66. The summed E-state index contributed by atoms with van der Waals surface area (Å²) in [6.07, 6.45) is -2.19. The Kier molecular flexibility index (Phi) is 6.28. The maximum atomic E-state index is 11.0. The van der Waals surface area contributed by atoms with E-state index in [1.165, 1.54) is 0 Å². The second-order valence-corrected chi connectivity index (χ2v) is 2.49. The first-order valence-corrected chi connectivity index (χ1v) is 4.20. The maximum absolute atomic E-state index is 11.0. The molecule has 0 heterocycles. The van der Waals surface area contributed by atoms with Gasteiger partial charge in [-0.2, -0.15) is 0 Å². The van der Waals surface area contributed by atoms with Crippen LogP contribution in [0.5, 0.6) is 0 Å². The Balaban J connectivity index is 4.11. The second-order valence-electron chi connectivity index (χ2n) is 2.23. The predicted molar refractivity (Wildman–Crippen MR) is 44.2 cm³/mol. The SMILES string of the molecule is CCO[C@H](C(=O)CCl)C(O)CO. The molecule has 2 atom stereocenters. The fourth-order valence-corrected chi connectivity index (χ4v) is 0.922. The number of aliphatic hydroxyl groups excluding tert-OH is 2. The van der Waals surface area contributed by atoms with Gasteiger partial charge in [-0.1, -0.05) is 0 Å². The topological polar surface area (TPSA) is 66.8 Å². The van der Waals surface area contributed by atoms with Crippen LogP contribution in [0.3, 0.4) is 0 Å². The van der Waals surface area contributed by atoms with Crippen LogP contribution in [-0.4, -0.2) is 47.3 Å². The number of rotatable bonds is 6. The molecule has 0 aromatic carbocycles. The average molecular weight is 197 g/mol. The summed E-state index contributed by atoms with van der Waals surface area (Å²) in [5.41, 5.74) is 0. The summed E-state index contributed by atoms with van der Waals surface area (Å²) in [5, 5.41) is 17.6. The summed E-state index contributed by atoms with van der Waals surface area (Å²) in [6, 6.07) is 0. The molecule has 1 unspecified atom stereocenters. The van der Waals surface area contributed by atoms with Crippen LogP contribution in [0.1, 0.15) is 6.92 Å². The smallest absolute Gasteiger partial charge is 0.178 e. The molecule has 5 heteroatoms. The van der Waals surface area contributed by atoms with Crippen LogP contribution in [0.2, 0.25) is 0 Å². The molecule has 0 rings (SSSR count). The number of hydrogen-bond donors (Lipinski definition) is 2. The van der Waals surface area contributed by atoms with Gasteiger partial charge in [0.25, 0.3) is 0 Å². The van der Waals surface area contributed by atoms with Crippen LogP contribution in [0.4, 0.5) is 0 Å². The molecule has 0 aromatic heterocycles. The number of carbonyl (C=O) groups excluding carboxylic acids is 1. The van der Waals surface area contributed by atoms with Crippen molar-refractivity contribution in [3.05, 3.63) is 0 Å². The molecule has 0 fully saturated rings. The lowest BCUT2D eigenvalue weighted by Crippen LogP contribution is -2.39. The molecule has 0 spiro atoms. The minimum atomic E-state index is -1.18. The van der Waals surface area contributed by atoms with Crippen molar-refractivity contribution in [2.75, 3.05) is 19.1 Å². The van der Waals surface area contributed by atoms with E-state index in [2.05, 4.69) is 0 Å². The van der Waals surface area contributed by atoms with Crippen molar-refractivity contribution in [1.82, 2.24) is 0 Å². The monoisotopic (exact) mass is 196 g/mol. The van der Waals surface area contributed by atoms with Gasteiger partial charge in [-0.15, -0.1) is 11.6 Å². The number of halogens is 1. The normalized spacial score (nSPS) is 15.7. The highest BCUT2D eigenvalue weighted by atomic mass is 35.5. The van der Waals surface area contributed by atoms with E-state index in [0.29, 0.717) is 6.61 Å². The van der Waals surface area contributed by atoms with Crippen LogP contribution in [0.15, 0.2) is 0 Å². The van der Waals surface area contributed by atoms with Gasteiger partial charge in [0.05, 0.1) is 12.5 Å². The van der Waals surface area contributed by atoms with Crippen molar-refractivity contribution in [2.45, 2.75) is 19.1 Å². The summed E-state index contributed by atoms with van der Waals surface area (Å²) in [7, 11) is 0. The largest absolute Gasteiger partial charge is 0.394 e. The average Bonchev–Trinajstić information content (AvgIpc) is 2.11. The van der Waals surface area contributed by atoms with E-state index in [0.717, 1.165) is 0 Å². The summed E-state index contributed by atoms with van der Waals surface area (Å²) < 4.78 is 4.90. The maximum Gasteiger partial charge on any atom is 0.178 e. The highest BCUT2D eigenvalue weighted by Crippen LogP contribution is 2.02. The zero-order valence-corrected chi connectivity index (χ0v) is 7.62. The van der Waals surface area contributed by atoms with Gasteiger partial charge < -0.3 is 14.9 Å². The predicted octanol–water partition coefficient (Wildman–Crippen LogP) is -0.447. The molecule has 0 saturated carbocycles. The Morgan fingerprint density at radius 2 is 2.25 bits per heavy atom. The van der Waals surface area contributed by atoms with E-state index in [1.54, 1.807) is 6.92 Å². The quantitative estimate of drug-likeness (QED) is 0.565. The molecule has 0 saturated heterocycles. The Hall–Kier alpha value is -0.160. The van der Waals surface area contributed by atoms with Crippen LogP contribution in [-0.2, 0) is 9.53 Å². The number of aliphatic hydroxyl groups is 2. The van der Waals surface area contributed by atoms with Crippen molar-refractivity contribution in [3.8, 4) is 0 Å². The van der Waals surface area contributed by atoms with Crippen molar-refractivity contribution in [3.63, 3.8) is 0 Å². The van der Waals surface area contributed by atoms with Gasteiger partial charge in [0.2, 0.25) is 0 Å². The summed E-state index contributed by atoms with van der Waals surface area (Å²) in [5.74, 6) is -0.637. The minimum Gasteiger partial charge on any atom is -0.394 e. The van der Waals surface area contributed by atoms with Gasteiger partial charge in [0.1, 0.15) is 12.2 Å².